The average molecular weight is 232 g/mol. The van der Waals surface area contributed by atoms with Gasteiger partial charge in [-0.3, -0.25) is 4.79 Å². The quantitative estimate of drug-likeness (QED) is 0.884. The fourth-order valence-electron chi connectivity index (χ4n) is 1.42. The van der Waals surface area contributed by atoms with Crippen molar-refractivity contribution in [3.05, 3.63) is 52.5 Å². The van der Waals surface area contributed by atoms with E-state index in [-0.39, 0.29) is 11.9 Å². The van der Waals surface area contributed by atoms with Crippen LogP contribution in [0.15, 0.2) is 41.9 Å². The smallest absolute Gasteiger partial charge is 0.280 e. The number of carbonyl (C=O) groups is 1. The van der Waals surface area contributed by atoms with Gasteiger partial charge in [0.25, 0.3) is 5.91 Å². The fraction of sp³-hybridized carbons (Fsp3) is 0.167. The highest BCUT2D eigenvalue weighted by atomic mass is 32.1. The van der Waals surface area contributed by atoms with Gasteiger partial charge in [-0.1, -0.05) is 30.3 Å². The molecule has 1 aromatic carbocycles. The van der Waals surface area contributed by atoms with Crippen LogP contribution in [0.25, 0.3) is 0 Å². The molecule has 1 N–H and O–H groups in total. The summed E-state index contributed by atoms with van der Waals surface area (Å²) < 4.78 is 0. The Morgan fingerprint density at radius 3 is 2.75 bits per heavy atom. The number of nitrogens with one attached hydrogen (secondary N) is 1. The van der Waals surface area contributed by atoms with E-state index in [2.05, 4.69) is 10.3 Å². The highest BCUT2D eigenvalue weighted by Crippen LogP contribution is 2.12. The molecule has 82 valence electrons. The van der Waals surface area contributed by atoms with Gasteiger partial charge in [0.15, 0.2) is 5.01 Å². The second-order valence-corrected chi connectivity index (χ2v) is 4.34. The van der Waals surface area contributed by atoms with Crippen LogP contribution in [0.3, 0.4) is 0 Å². The van der Waals surface area contributed by atoms with Crippen molar-refractivity contribution < 1.29 is 4.79 Å². The SMILES string of the molecule is CC(NC(=O)c1nccs1)c1ccccc1. The van der Waals surface area contributed by atoms with Crippen molar-refractivity contribution in [2.24, 2.45) is 0 Å². The Bertz CT molecular complexity index is 453. The first kappa shape index (κ1) is 10.8. The Kier molecular flexibility index (Phi) is 3.31. The average Bonchev–Trinajstić information content (AvgIpc) is 2.83. The predicted octanol–water partition coefficient (Wildman–Crippen LogP) is 2.63. The molecule has 0 fully saturated rings. The third-order valence-corrected chi connectivity index (χ3v) is 3.05. The van der Waals surface area contributed by atoms with E-state index in [1.54, 1.807) is 11.6 Å². The summed E-state index contributed by atoms with van der Waals surface area (Å²) in [7, 11) is 0. The van der Waals surface area contributed by atoms with Gasteiger partial charge in [-0.15, -0.1) is 11.3 Å². The van der Waals surface area contributed by atoms with Crippen molar-refractivity contribution in [2.45, 2.75) is 13.0 Å². The number of aromatic nitrogens is 1. The summed E-state index contributed by atoms with van der Waals surface area (Å²) in [4.78, 5) is 15.7. The molecule has 0 radical (unpaired) electrons. The number of carbonyl (C=O) groups excluding carboxylic acids is 1. The van der Waals surface area contributed by atoms with Crippen molar-refractivity contribution in [1.29, 1.82) is 0 Å². The molecule has 4 heteroatoms. The van der Waals surface area contributed by atoms with Crippen LogP contribution in [0.2, 0.25) is 0 Å². The molecule has 1 aromatic heterocycles. The minimum Gasteiger partial charge on any atom is -0.343 e. The van der Waals surface area contributed by atoms with Gasteiger partial charge in [-0.2, -0.15) is 0 Å². The molecule has 0 saturated heterocycles. The Labute approximate surface area is 98.2 Å². The summed E-state index contributed by atoms with van der Waals surface area (Å²) in [5.41, 5.74) is 1.09. The molecule has 0 aliphatic rings. The molecular weight excluding hydrogens is 220 g/mol. The van der Waals surface area contributed by atoms with E-state index >= 15 is 0 Å². The lowest BCUT2D eigenvalue weighted by Crippen LogP contribution is -2.26. The molecule has 1 heterocycles. The number of benzene rings is 1. The van der Waals surface area contributed by atoms with Crippen LogP contribution in [0.5, 0.6) is 0 Å². The Balaban J connectivity index is 2.03. The zero-order valence-corrected chi connectivity index (χ0v) is 9.70. The van der Waals surface area contributed by atoms with Gasteiger partial charge in [0, 0.05) is 11.6 Å². The van der Waals surface area contributed by atoms with E-state index in [9.17, 15) is 4.79 Å². The molecule has 1 atom stereocenters. The summed E-state index contributed by atoms with van der Waals surface area (Å²) in [6, 6.07) is 9.86. The van der Waals surface area contributed by atoms with Crippen molar-refractivity contribution in [1.82, 2.24) is 10.3 Å². The molecule has 0 bridgehead atoms. The minimum atomic E-state index is -0.119. The van der Waals surface area contributed by atoms with Crippen LogP contribution in [-0.2, 0) is 0 Å². The van der Waals surface area contributed by atoms with Gasteiger partial charge < -0.3 is 5.32 Å². The first-order valence-electron chi connectivity index (χ1n) is 5.02. The van der Waals surface area contributed by atoms with Gasteiger partial charge in [0.2, 0.25) is 0 Å². The van der Waals surface area contributed by atoms with Gasteiger partial charge >= 0.3 is 0 Å². The number of nitrogens with zero attached hydrogens (tertiary/aromatic N) is 1. The summed E-state index contributed by atoms with van der Waals surface area (Å²) in [5, 5.41) is 5.20. The summed E-state index contributed by atoms with van der Waals surface area (Å²) in [6.45, 7) is 1.96. The standard InChI is InChI=1S/C12H12N2OS/c1-9(10-5-3-2-4-6-10)14-11(15)12-13-7-8-16-12/h2-9H,1H3,(H,14,15). The number of thiazole rings is 1. The number of rotatable bonds is 3. The van der Waals surface area contributed by atoms with E-state index < -0.39 is 0 Å². The molecule has 0 aliphatic carbocycles. The normalized spacial score (nSPS) is 12.1. The lowest BCUT2D eigenvalue weighted by Gasteiger charge is -2.12. The second kappa shape index (κ2) is 4.90. The van der Waals surface area contributed by atoms with Crippen LogP contribution in [-0.4, -0.2) is 10.9 Å². The van der Waals surface area contributed by atoms with Crippen LogP contribution in [0.4, 0.5) is 0 Å². The highest BCUT2D eigenvalue weighted by molar-refractivity contribution is 7.11. The predicted molar refractivity (Wildman–Crippen MR) is 64.4 cm³/mol. The zero-order chi connectivity index (χ0) is 11.4. The molecule has 1 unspecified atom stereocenters. The molecule has 16 heavy (non-hydrogen) atoms. The van der Waals surface area contributed by atoms with Crippen molar-refractivity contribution >= 4 is 17.2 Å². The highest BCUT2D eigenvalue weighted by Gasteiger charge is 2.12. The molecule has 0 spiro atoms. The monoisotopic (exact) mass is 232 g/mol. The molecule has 0 aliphatic heterocycles. The van der Waals surface area contributed by atoms with Crippen LogP contribution < -0.4 is 5.32 Å². The minimum absolute atomic E-state index is 0.00222. The van der Waals surface area contributed by atoms with Gasteiger partial charge in [-0.05, 0) is 12.5 Å². The third kappa shape index (κ3) is 2.46. The Morgan fingerprint density at radius 1 is 1.38 bits per heavy atom. The van der Waals surface area contributed by atoms with E-state index in [4.69, 9.17) is 0 Å². The van der Waals surface area contributed by atoms with Crippen molar-refractivity contribution in [3.8, 4) is 0 Å². The maximum absolute atomic E-state index is 11.7. The topological polar surface area (TPSA) is 42.0 Å². The van der Waals surface area contributed by atoms with E-state index in [1.807, 2.05) is 37.3 Å². The van der Waals surface area contributed by atoms with Gasteiger partial charge in [-0.25, -0.2) is 4.98 Å². The largest absolute Gasteiger partial charge is 0.343 e. The molecule has 3 nitrogen and oxygen atoms in total. The molecule has 2 rings (SSSR count). The molecule has 0 saturated carbocycles. The van der Waals surface area contributed by atoms with Crippen LogP contribution in [0, 0.1) is 0 Å². The fourth-order valence-corrected chi connectivity index (χ4v) is 1.96. The molecule has 1 amide bonds. The Hall–Kier alpha value is -1.68. The number of hydrogen-bond donors (Lipinski definition) is 1. The molecular formula is C12H12N2OS. The lowest BCUT2D eigenvalue weighted by molar-refractivity contribution is 0.0939. The van der Waals surface area contributed by atoms with E-state index in [0.717, 1.165) is 5.56 Å². The first-order valence-corrected chi connectivity index (χ1v) is 5.90. The summed E-state index contributed by atoms with van der Waals surface area (Å²) >= 11 is 1.35. The van der Waals surface area contributed by atoms with Crippen molar-refractivity contribution in [3.63, 3.8) is 0 Å². The maximum Gasteiger partial charge on any atom is 0.280 e. The first-order chi connectivity index (χ1) is 7.77. The van der Waals surface area contributed by atoms with Crippen LogP contribution in [0.1, 0.15) is 28.3 Å². The van der Waals surface area contributed by atoms with E-state index in [1.165, 1.54) is 11.3 Å². The third-order valence-electron chi connectivity index (χ3n) is 2.27. The Morgan fingerprint density at radius 2 is 2.12 bits per heavy atom. The maximum atomic E-state index is 11.7. The number of amides is 1. The van der Waals surface area contributed by atoms with Crippen molar-refractivity contribution in [2.75, 3.05) is 0 Å². The lowest BCUT2D eigenvalue weighted by atomic mass is 10.1. The van der Waals surface area contributed by atoms with Gasteiger partial charge in [0.1, 0.15) is 0 Å². The summed E-state index contributed by atoms with van der Waals surface area (Å²) in [6.07, 6.45) is 1.63. The van der Waals surface area contributed by atoms with Gasteiger partial charge in [0.05, 0.1) is 6.04 Å². The second-order valence-electron chi connectivity index (χ2n) is 3.44. The summed E-state index contributed by atoms with van der Waals surface area (Å²) in [5.74, 6) is -0.119. The van der Waals surface area contributed by atoms with Crippen LogP contribution >= 0.6 is 11.3 Å². The number of hydrogen-bond acceptors (Lipinski definition) is 3. The van der Waals surface area contributed by atoms with E-state index in [0.29, 0.717) is 5.01 Å². The zero-order valence-electron chi connectivity index (χ0n) is 8.88. The molecule has 2 aromatic rings.